The maximum atomic E-state index is 6.10. The van der Waals surface area contributed by atoms with Gasteiger partial charge in [0.25, 0.3) is 0 Å². The highest BCUT2D eigenvalue weighted by Crippen LogP contribution is 2.66. The first kappa shape index (κ1) is 35.9. The summed E-state index contributed by atoms with van der Waals surface area (Å²) < 4.78 is 6.10. The van der Waals surface area contributed by atoms with Gasteiger partial charge in [0, 0.05) is 28.7 Å². The summed E-state index contributed by atoms with van der Waals surface area (Å²) in [5.74, 6) is 4.28. The second-order valence-corrected chi connectivity index (χ2v) is 35.9. The van der Waals surface area contributed by atoms with Crippen LogP contribution in [0.5, 0.6) is 0 Å². The van der Waals surface area contributed by atoms with Crippen molar-refractivity contribution in [3.8, 4) is 0 Å². The molecule has 0 radical (unpaired) electrons. The summed E-state index contributed by atoms with van der Waals surface area (Å²) in [6.07, 6.45) is 28.7. The molecule has 1 nitrogen and oxygen atoms in total. The molecule has 5 aliphatic rings. The Balaban J connectivity index is 1.46. The molecule has 0 aromatic rings. The molecular formula is C41H72OSi3. The van der Waals surface area contributed by atoms with Crippen molar-refractivity contribution < 1.29 is 4.74 Å². The summed E-state index contributed by atoms with van der Waals surface area (Å²) in [5.41, 5.74) is 7.59. The second kappa shape index (κ2) is 14.2. The Morgan fingerprint density at radius 3 is 2.20 bits per heavy atom. The van der Waals surface area contributed by atoms with Crippen LogP contribution in [0.1, 0.15) is 91.4 Å². The zero-order valence-electron chi connectivity index (χ0n) is 31.4. The summed E-state index contributed by atoms with van der Waals surface area (Å²) >= 11 is 0. The molecule has 0 aromatic heterocycles. The zero-order valence-corrected chi connectivity index (χ0v) is 34.4. The molecular weight excluding hydrogens is 593 g/mol. The van der Waals surface area contributed by atoms with E-state index in [2.05, 4.69) is 97.0 Å². The van der Waals surface area contributed by atoms with Gasteiger partial charge in [-0.15, -0.1) is 0 Å². The van der Waals surface area contributed by atoms with Crippen molar-refractivity contribution in [3.63, 3.8) is 0 Å². The Morgan fingerprint density at radius 1 is 0.800 bits per heavy atom. The molecule has 8 unspecified atom stereocenters. The van der Waals surface area contributed by atoms with Crippen molar-refractivity contribution in [3.05, 3.63) is 47.1 Å². The number of unbranched alkanes of at least 4 members (excludes halogenated alkanes) is 3. The molecule has 0 bridgehead atoms. The molecule has 5 aliphatic carbocycles. The van der Waals surface area contributed by atoms with Gasteiger partial charge in [-0.1, -0.05) is 125 Å². The van der Waals surface area contributed by atoms with E-state index in [1.807, 2.05) is 11.1 Å². The fourth-order valence-electron chi connectivity index (χ4n) is 11.0. The van der Waals surface area contributed by atoms with Gasteiger partial charge < -0.3 is 4.74 Å². The van der Waals surface area contributed by atoms with Gasteiger partial charge in [0.15, 0.2) is 0 Å². The minimum Gasteiger partial charge on any atom is -0.376 e. The quantitative estimate of drug-likeness (QED) is 0.108. The van der Waals surface area contributed by atoms with E-state index in [9.17, 15) is 0 Å². The van der Waals surface area contributed by atoms with Crippen molar-refractivity contribution in [2.24, 2.45) is 29.6 Å². The summed E-state index contributed by atoms with van der Waals surface area (Å²) in [7, 11) is -3.96. The van der Waals surface area contributed by atoms with Crippen LogP contribution in [0.2, 0.25) is 75.0 Å². The van der Waals surface area contributed by atoms with Crippen LogP contribution in [0.4, 0.5) is 0 Å². The second-order valence-electron chi connectivity index (χ2n) is 19.9. The lowest BCUT2D eigenvalue weighted by Crippen LogP contribution is -2.44. The Morgan fingerprint density at radius 2 is 1.49 bits per heavy atom. The molecule has 0 heterocycles. The van der Waals surface area contributed by atoms with Gasteiger partial charge in [-0.2, -0.15) is 0 Å². The number of fused-ring (bicyclic) bond motifs is 3. The molecule has 4 heteroatoms. The molecule has 0 aromatic carbocycles. The average Bonchev–Trinajstić information content (AvgIpc) is 3.49. The fraction of sp³-hybridized carbons (Fsp3) is 0.805. The third kappa shape index (κ3) is 8.79. The maximum absolute atomic E-state index is 6.10. The Hall–Kier alpha value is -0.429. The van der Waals surface area contributed by atoms with Crippen LogP contribution in [0, 0.1) is 29.6 Å². The van der Waals surface area contributed by atoms with Crippen LogP contribution in [0.15, 0.2) is 47.1 Å². The molecule has 0 aliphatic heterocycles. The first-order valence-corrected chi connectivity index (χ1v) is 29.7. The van der Waals surface area contributed by atoms with Gasteiger partial charge in [0.1, 0.15) is 0 Å². The predicted molar refractivity (Wildman–Crippen MR) is 208 cm³/mol. The number of ether oxygens (including phenoxy) is 1. The lowest BCUT2D eigenvalue weighted by atomic mass is 9.74. The SMILES string of the molecule is CC(C)(C)OCCCCCC[Si](C)(C1CC(C[Si](C)(C)C)C2C=CCC=C21)C1CC(C[Si](C)(C)C)C2C=CC3=C(CCCC3)C21. The Bertz CT molecular complexity index is 1140. The van der Waals surface area contributed by atoms with E-state index >= 15 is 0 Å². The monoisotopic (exact) mass is 664 g/mol. The van der Waals surface area contributed by atoms with Gasteiger partial charge in [0.2, 0.25) is 0 Å². The molecule has 2 saturated carbocycles. The fourth-order valence-corrected chi connectivity index (χ4v) is 21.3. The largest absolute Gasteiger partial charge is 0.376 e. The van der Waals surface area contributed by atoms with Crippen molar-refractivity contribution in [2.45, 2.75) is 172 Å². The van der Waals surface area contributed by atoms with Crippen LogP contribution in [-0.4, -0.2) is 36.4 Å². The van der Waals surface area contributed by atoms with E-state index in [1.165, 1.54) is 76.3 Å². The van der Waals surface area contributed by atoms with Crippen LogP contribution in [-0.2, 0) is 4.74 Å². The summed E-state index contributed by atoms with van der Waals surface area (Å²) in [6.45, 7) is 26.3. The number of allylic oxidation sites excluding steroid dienone is 8. The molecule has 5 rings (SSSR count). The van der Waals surface area contributed by atoms with Crippen molar-refractivity contribution in [2.75, 3.05) is 6.61 Å². The molecule has 0 spiro atoms. The molecule has 254 valence electrons. The van der Waals surface area contributed by atoms with Crippen molar-refractivity contribution in [1.29, 1.82) is 0 Å². The van der Waals surface area contributed by atoms with Crippen LogP contribution >= 0.6 is 0 Å². The van der Waals surface area contributed by atoms with Gasteiger partial charge in [-0.25, -0.2) is 0 Å². The molecule has 0 saturated heterocycles. The smallest absolute Gasteiger partial charge is 0.0615 e. The molecule has 0 N–H and O–H groups in total. The first-order valence-electron chi connectivity index (χ1n) is 19.5. The van der Waals surface area contributed by atoms with Gasteiger partial charge in [-0.3, -0.25) is 0 Å². The van der Waals surface area contributed by atoms with Crippen molar-refractivity contribution >= 4 is 24.2 Å². The summed E-state index contributed by atoms with van der Waals surface area (Å²) in [5, 5.41) is 0. The topological polar surface area (TPSA) is 9.23 Å². The average molecular weight is 665 g/mol. The standard InChI is InChI=1S/C41H72OSi3/c1-41(2,3)42-25-17-11-12-18-26-45(10,38-27-32(29-43(4,5)6)34-20-15-16-22-37(34)38)39-28-33(30-44(7,8)9)36-24-23-31-19-13-14-21-35(31)40(36)39/h15,20,22-24,32-34,36,38-40H,11-14,16-19,21,25-30H2,1-10H3. The van der Waals surface area contributed by atoms with E-state index in [0.717, 1.165) is 47.3 Å². The van der Waals surface area contributed by atoms with E-state index in [0.29, 0.717) is 0 Å². The number of rotatable bonds is 13. The predicted octanol–water partition coefficient (Wildman–Crippen LogP) is 13.1. The Labute approximate surface area is 283 Å². The normalized spacial score (nSPS) is 33.1. The summed E-state index contributed by atoms with van der Waals surface area (Å²) in [4.78, 5) is 0. The zero-order chi connectivity index (χ0) is 32.6. The highest BCUT2D eigenvalue weighted by molar-refractivity contribution is 6.82. The molecule has 0 amide bonds. The van der Waals surface area contributed by atoms with Crippen LogP contribution < -0.4 is 0 Å². The minimum absolute atomic E-state index is 0.00825. The van der Waals surface area contributed by atoms with Gasteiger partial charge in [-0.05, 0) is 112 Å². The van der Waals surface area contributed by atoms with E-state index in [1.54, 1.807) is 18.0 Å². The molecule has 45 heavy (non-hydrogen) atoms. The summed E-state index contributed by atoms with van der Waals surface area (Å²) in [6, 6.07) is 4.61. The Kier molecular flexibility index (Phi) is 11.3. The number of hydrogen-bond acceptors (Lipinski definition) is 1. The highest BCUT2D eigenvalue weighted by atomic mass is 28.3. The van der Waals surface area contributed by atoms with E-state index in [-0.39, 0.29) is 5.60 Å². The van der Waals surface area contributed by atoms with E-state index in [4.69, 9.17) is 4.74 Å². The third-order valence-electron chi connectivity index (χ3n) is 12.6. The van der Waals surface area contributed by atoms with Gasteiger partial charge >= 0.3 is 0 Å². The highest BCUT2D eigenvalue weighted by Gasteiger charge is 2.58. The van der Waals surface area contributed by atoms with E-state index < -0.39 is 24.2 Å². The number of hydrogen-bond donors (Lipinski definition) is 0. The van der Waals surface area contributed by atoms with Crippen LogP contribution in [0.3, 0.4) is 0 Å². The first-order chi connectivity index (χ1) is 21.1. The minimum atomic E-state index is -1.68. The lowest BCUT2D eigenvalue weighted by Gasteiger charge is -2.46. The maximum Gasteiger partial charge on any atom is 0.0615 e. The lowest BCUT2D eigenvalue weighted by molar-refractivity contribution is -0.00471. The van der Waals surface area contributed by atoms with Crippen molar-refractivity contribution in [1.82, 2.24) is 0 Å². The van der Waals surface area contributed by atoms with Crippen LogP contribution in [0.25, 0.3) is 0 Å². The molecule has 2 fully saturated rings. The molecule has 8 atom stereocenters. The van der Waals surface area contributed by atoms with Gasteiger partial charge in [0.05, 0.1) is 13.7 Å². The third-order valence-corrected chi connectivity index (χ3v) is 22.0.